The smallest absolute Gasteiger partial charge is 0.0192 e. The molecule has 4 aromatic carbocycles. The van der Waals surface area contributed by atoms with Crippen LogP contribution in [-0.2, 0) is 0 Å². The van der Waals surface area contributed by atoms with Gasteiger partial charge in [-0.3, -0.25) is 0 Å². The molecule has 4 aromatic rings. The third-order valence-corrected chi connectivity index (χ3v) is 14.9. The first-order valence-electron chi connectivity index (χ1n) is 14.9. The Morgan fingerprint density at radius 2 is 0.650 bits per heavy atom. The fraction of sp³-hybridized carbons (Fsp3) is 0.368. The lowest BCUT2D eigenvalue weighted by atomic mass is 9.76. The van der Waals surface area contributed by atoms with Crippen LogP contribution < -0.4 is 21.2 Å². The molecule has 0 unspecified atom stereocenters. The first-order chi connectivity index (χ1) is 19.1. The van der Waals surface area contributed by atoms with Crippen molar-refractivity contribution in [2.45, 2.75) is 68.2 Å². The van der Waals surface area contributed by atoms with Crippen LogP contribution in [-0.4, -0.2) is 12.3 Å². The Hall–Kier alpha value is -2.26. The van der Waals surface area contributed by atoms with E-state index in [1.54, 1.807) is 21.2 Å². The van der Waals surface area contributed by atoms with E-state index in [0.717, 1.165) is 11.8 Å². The molecule has 0 aromatic heterocycles. The van der Waals surface area contributed by atoms with Crippen LogP contribution in [0.3, 0.4) is 0 Å². The van der Waals surface area contributed by atoms with E-state index in [9.17, 15) is 0 Å². The summed E-state index contributed by atoms with van der Waals surface area (Å²) in [6.07, 6.45) is 5.38. The van der Waals surface area contributed by atoms with Crippen LogP contribution in [0.15, 0.2) is 72.8 Å². The van der Waals surface area contributed by atoms with E-state index in [-0.39, 0.29) is 15.8 Å². The average Bonchev–Trinajstić information content (AvgIpc) is 2.91. The molecule has 40 heavy (non-hydrogen) atoms. The Balaban J connectivity index is 1.45. The van der Waals surface area contributed by atoms with E-state index in [1.807, 2.05) is 0 Å². The summed E-state index contributed by atoms with van der Waals surface area (Å²) in [5.74, 6) is 1.61. The minimum Gasteiger partial charge on any atom is -0.0584 e. The van der Waals surface area contributed by atoms with Gasteiger partial charge in [0, 0.05) is 0 Å². The van der Waals surface area contributed by atoms with Gasteiger partial charge in [-0.15, -0.1) is 0 Å². The molecule has 1 fully saturated rings. The fourth-order valence-corrected chi connectivity index (χ4v) is 11.6. The normalized spacial score (nSPS) is 16.9. The monoisotopic (exact) mass is 564 g/mol. The second-order valence-corrected chi connectivity index (χ2v) is 16.9. The minimum absolute atomic E-state index is 0.374. The topological polar surface area (TPSA) is 0 Å². The molecule has 2 atom stereocenters. The predicted molar refractivity (Wildman–Crippen MR) is 182 cm³/mol. The van der Waals surface area contributed by atoms with E-state index in [2.05, 4.69) is 128 Å². The Kier molecular flexibility index (Phi) is 9.00. The lowest BCUT2D eigenvalue weighted by Gasteiger charge is -2.41. The molecule has 0 heterocycles. The van der Waals surface area contributed by atoms with E-state index >= 15 is 0 Å². The fourth-order valence-electron chi connectivity index (χ4n) is 5.88. The van der Waals surface area contributed by atoms with Gasteiger partial charge >= 0.3 is 0 Å². The van der Waals surface area contributed by atoms with Gasteiger partial charge < -0.3 is 0 Å². The molecule has 0 amide bonds. The molecule has 0 saturated heterocycles. The Morgan fingerprint density at radius 1 is 0.400 bits per heavy atom. The molecule has 1 aliphatic carbocycles. The van der Waals surface area contributed by atoms with Crippen molar-refractivity contribution in [2.75, 3.05) is 12.3 Å². The highest BCUT2D eigenvalue weighted by atomic mass is 31.1. The van der Waals surface area contributed by atoms with Crippen LogP contribution in [0.2, 0.25) is 0 Å². The summed E-state index contributed by atoms with van der Waals surface area (Å²) in [6, 6.07) is 29.0. The molecule has 208 valence electrons. The largest absolute Gasteiger partial charge is 0.0584 e. The van der Waals surface area contributed by atoms with Crippen molar-refractivity contribution in [1.29, 1.82) is 0 Å². The molecule has 0 N–H and O–H groups in total. The van der Waals surface area contributed by atoms with Crippen molar-refractivity contribution in [3.8, 4) is 0 Å². The van der Waals surface area contributed by atoms with Gasteiger partial charge in [-0.1, -0.05) is 72.8 Å². The maximum absolute atomic E-state index is 2.49. The zero-order chi connectivity index (χ0) is 28.6. The first kappa shape index (κ1) is 29.2. The molecule has 0 aliphatic heterocycles. The standard InChI is InChI=1S/C38H46P2/c1-25-9-15-35(19-29(25)5)39(36-16-10-26(2)30(6)20-36)23-33-13-14-34(33)24-40(37-17-11-27(3)31(7)21-37)38-18-12-28(4)32(8)22-38/h9-12,15-22,33-34H,13-14,23-24H2,1-8H3/t33-,34-/m0/s1. The molecule has 0 spiro atoms. The molecular weight excluding hydrogens is 518 g/mol. The number of rotatable bonds is 8. The number of aryl methyl sites for hydroxylation is 8. The maximum Gasteiger partial charge on any atom is -0.0192 e. The Bertz CT molecular complexity index is 1300. The van der Waals surface area contributed by atoms with E-state index in [4.69, 9.17) is 0 Å². The zero-order valence-corrected chi connectivity index (χ0v) is 27.6. The summed E-state index contributed by atoms with van der Waals surface area (Å²) in [4.78, 5) is 0. The third kappa shape index (κ3) is 6.30. The number of benzene rings is 4. The van der Waals surface area contributed by atoms with Crippen molar-refractivity contribution in [3.63, 3.8) is 0 Å². The van der Waals surface area contributed by atoms with Crippen LogP contribution in [0.5, 0.6) is 0 Å². The van der Waals surface area contributed by atoms with Gasteiger partial charge in [-0.25, -0.2) is 0 Å². The van der Waals surface area contributed by atoms with Crippen LogP contribution in [0.25, 0.3) is 0 Å². The Morgan fingerprint density at radius 3 is 0.850 bits per heavy atom. The molecule has 2 heteroatoms. The quantitative estimate of drug-likeness (QED) is 0.188. The molecule has 0 nitrogen and oxygen atoms in total. The molecule has 1 saturated carbocycles. The van der Waals surface area contributed by atoms with E-state index in [0.29, 0.717) is 0 Å². The predicted octanol–water partition coefficient (Wildman–Crippen LogP) is 8.75. The summed E-state index contributed by atoms with van der Waals surface area (Å²) in [5.41, 5.74) is 11.3. The highest BCUT2D eigenvalue weighted by Gasteiger charge is 2.36. The van der Waals surface area contributed by atoms with Crippen molar-refractivity contribution in [1.82, 2.24) is 0 Å². The van der Waals surface area contributed by atoms with Gasteiger partial charge in [-0.2, -0.15) is 0 Å². The van der Waals surface area contributed by atoms with Gasteiger partial charge in [0.25, 0.3) is 0 Å². The van der Waals surface area contributed by atoms with Gasteiger partial charge in [0.1, 0.15) is 0 Å². The van der Waals surface area contributed by atoms with Gasteiger partial charge in [0.15, 0.2) is 0 Å². The second kappa shape index (κ2) is 12.3. The van der Waals surface area contributed by atoms with Crippen molar-refractivity contribution < 1.29 is 0 Å². The van der Waals surface area contributed by atoms with Gasteiger partial charge in [-0.05, 0) is 174 Å². The van der Waals surface area contributed by atoms with Crippen molar-refractivity contribution >= 4 is 37.1 Å². The van der Waals surface area contributed by atoms with Crippen LogP contribution in [0.1, 0.15) is 57.3 Å². The summed E-state index contributed by atoms with van der Waals surface area (Å²) in [5, 5.41) is 6.21. The first-order valence-corrected chi connectivity index (χ1v) is 18.0. The minimum atomic E-state index is -0.374. The summed E-state index contributed by atoms with van der Waals surface area (Å²) in [7, 11) is -0.748. The van der Waals surface area contributed by atoms with Crippen molar-refractivity contribution in [3.05, 3.63) is 117 Å². The highest BCUT2D eigenvalue weighted by Crippen LogP contribution is 2.50. The maximum atomic E-state index is 2.49. The highest BCUT2D eigenvalue weighted by molar-refractivity contribution is 7.73. The SMILES string of the molecule is Cc1ccc(P(C[C@@H]2CC[C@H]2CP(c2ccc(C)c(C)c2)c2ccc(C)c(C)c2)c2ccc(C)c(C)c2)cc1C. The summed E-state index contributed by atoms with van der Waals surface area (Å²) >= 11 is 0. The van der Waals surface area contributed by atoms with E-state index in [1.165, 1.54) is 69.7 Å². The summed E-state index contributed by atoms with van der Waals surface area (Å²) in [6.45, 7) is 18.1. The Labute approximate surface area is 246 Å². The molecule has 1 aliphatic rings. The lowest BCUT2D eigenvalue weighted by molar-refractivity contribution is 0.228. The van der Waals surface area contributed by atoms with Gasteiger partial charge in [0.05, 0.1) is 0 Å². The average molecular weight is 565 g/mol. The van der Waals surface area contributed by atoms with Crippen LogP contribution >= 0.6 is 15.8 Å². The second-order valence-electron chi connectivity index (χ2n) is 12.4. The summed E-state index contributed by atoms with van der Waals surface area (Å²) < 4.78 is 0. The zero-order valence-electron chi connectivity index (χ0n) is 25.8. The number of hydrogen-bond acceptors (Lipinski definition) is 0. The van der Waals surface area contributed by atoms with E-state index < -0.39 is 0 Å². The number of hydrogen-bond donors (Lipinski definition) is 0. The lowest BCUT2D eigenvalue weighted by Crippen LogP contribution is -2.35. The van der Waals surface area contributed by atoms with Crippen LogP contribution in [0, 0.1) is 67.2 Å². The molecule has 5 rings (SSSR count). The third-order valence-electron chi connectivity index (χ3n) is 9.62. The van der Waals surface area contributed by atoms with Crippen molar-refractivity contribution in [2.24, 2.45) is 11.8 Å². The molecule has 0 bridgehead atoms. The molecule has 0 radical (unpaired) electrons. The van der Waals surface area contributed by atoms with Crippen LogP contribution in [0.4, 0.5) is 0 Å². The molecular formula is C38H46P2. The van der Waals surface area contributed by atoms with Gasteiger partial charge in [0.2, 0.25) is 0 Å².